The lowest BCUT2D eigenvalue weighted by atomic mass is 9.96. The number of ether oxygens (including phenoxy) is 3. The fourth-order valence-corrected chi connectivity index (χ4v) is 6.87. The molecule has 2 atom stereocenters. The zero-order valence-corrected chi connectivity index (χ0v) is 27.0. The van der Waals surface area contributed by atoms with E-state index < -0.39 is 0 Å². The number of pyridine rings is 1. The molecule has 2 saturated heterocycles. The largest absolute Gasteiger partial charge is 0.497 e. The number of rotatable bonds is 8. The van der Waals surface area contributed by atoms with Gasteiger partial charge in [-0.3, -0.25) is 4.98 Å². The summed E-state index contributed by atoms with van der Waals surface area (Å²) in [6.07, 6.45) is 1.84. The van der Waals surface area contributed by atoms with Crippen molar-refractivity contribution in [3.8, 4) is 22.9 Å². The van der Waals surface area contributed by atoms with Crippen LogP contribution in [-0.4, -0.2) is 48.1 Å². The zero-order valence-electron chi connectivity index (χ0n) is 26.2. The minimum Gasteiger partial charge on any atom is -0.497 e. The molecule has 0 amide bonds. The molecule has 2 aromatic heterocycles. The number of nitrogens with one attached hydrogen (secondary N) is 1. The van der Waals surface area contributed by atoms with Crippen LogP contribution in [0.1, 0.15) is 34.7 Å². The second kappa shape index (κ2) is 12.9. The minimum absolute atomic E-state index is 0.122. The Hall–Kier alpha value is -4.86. The van der Waals surface area contributed by atoms with Gasteiger partial charge in [0, 0.05) is 47.7 Å². The van der Waals surface area contributed by atoms with Crippen LogP contribution in [0, 0.1) is 13.8 Å². The molecule has 1 N–H and O–H groups in total. The summed E-state index contributed by atoms with van der Waals surface area (Å²) in [5, 5.41) is 4.26. The van der Waals surface area contributed by atoms with Gasteiger partial charge in [0.05, 0.1) is 38.1 Å². The van der Waals surface area contributed by atoms with Crippen molar-refractivity contribution in [1.29, 1.82) is 0 Å². The van der Waals surface area contributed by atoms with Crippen molar-refractivity contribution in [1.82, 2.24) is 14.9 Å². The number of morpholine rings is 1. The van der Waals surface area contributed by atoms with Crippen molar-refractivity contribution in [2.75, 3.05) is 43.2 Å². The van der Waals surface area contributed by atoms with Gasteiger partial charge in [-0.25, -0.2) is 0 Å². The van der Waals surface area contributed by atoms with Crippen LogP contribution in [0.25, 0.3) is 5.69 Å². The molecule has 5 aromatic rings. The average molecular weight is 632 g/mol. The van der Waals surface area contributed by atoms with Gasteiger partial charge in [-0.15, -0.1) is 0 Å². The van der Waals surface area contributed by atoms with Gasteiger partial charge in [0.25, 0.3) is 0 Å². The first-order valence-electron chi connectivity index (χ1n) is 15.5. The highest BCUT2D eigenvalue weighted by Gasteiger charge is 2.42. The first-order chi connectivity index (χ1) is 22.5. The molecule has 0 bridgehead atoms. The normalized spacial score (nSPS) is 18.0. The molecule has 46 heavy (non-hydrogen) atoms. The Balaban J connectivity index is 1.22. The van der Waals surface area contributed by atoms with E-state index in [1.807, 2.05) is 54.7 Å². The van der Waals surface area contributed by atoms with Crippen LogP contribution >= 0.6 is 12.2 Å². The fraction of sp³-hybridized carbons (Fsp3) is 0.243. The molecular formula is C37H37N5O3S. The van der Waals surface area contributed by atoms with E-state index >= 15 is 0 Å². The summed E-state index contributed by atoms with van der Waals surface area (Å²) in [5.41, 5.74) is 7.79. The van der Waals surface area contributed by atoms with Gasteiger partial charge in [-0.1, -0.05) is 6.07 Å². The molecule has 0 aliphatic carbocycles. The molecule has 7 rings (SSSR count). The van der Waals surface area contributed by atoms with Gasteiger partial charge in [-0.05, 0) is 123 Å². The molecule has 9 heteroatoms. The predicted octanol–water partition coefficient (Wildman–Crippen LogP) is 7.30. The van der Waals surface area contributed by atoms with Crippen molar-refractivity contribution in [3.63, 3.8) is 0 Å². The molecule has 2 aliphatic rings. The second-order valence-electron chi connectivity index (χ2n) is 11.5. The maximum Gasteiger partial charge on any atom is 0.174 e. The van der Waals surface area contributed by atoms with Crippen LogP contribution in [0.2, 0.25) is 0 Å². The van der Waals surface area contributed by atoms with Crippen LogP contribution < -0.4 is 24.6 Å². The van der Waals surface area contributed by atoms with Crippen molar-refractivity contribution >= 4 is 28.7 Å². The SMILES string of the molecule is COc1ccc(Oc2ccc(N3C(=S)N[C@@H](c4ccccn4)[C@H]3c3cc(C)n(-c4ccc(N5CCOCC5)cc4)c3C)cc2)cc1. The third-order valence-electron chi connectivity index (χ3n) is 8.78. The summed E-state index contributed by atoms with van der Waals surface area (Å²) in [5.74, 6) is 2.27. The topological polar surface area (TPSA) is 64.0 Å². The number of anilines is 2. The molecule has 2 aliphatic heterocycles. The molecule has 234 valence electrons. The third kappa shape index (κ3) is 5.79. The Morgan fingerprint density at radius 2 is 1.43 bits per heavy atom. The van der Waals surface area contributed by atoms with Crippen molar-refractivity contribution in [3.05, 3.63) is 126 Å². The summed E-state index contributed by atoms with van der Waals surface area (Å²) in [6.45, 7) is 7.73. The third-order valence-corrected chi connectivity index (χ3v) is 9.10. The summed E-state index contributed by atoms with van der Waals surface area (Å²) < 4.78 is 19.3. The number of nitrogens with zero attached hydrogens (tertiary/aromatic N) is 4. The summed E-state index contributed by atoms with van der Waals surface area (Å²) in [4.78, 5) is 9.33. The Bertz CT molecular complexity index is 1800. The maximum atomic E-state index is 6.11. The van der Waals surface area contributed by atoms with E-state index in [1.54, 1.807) is 7.11 Å². The van der Waals surface area contributed by atoms with Crippen LogP contribution in [0.5, 0.6) is 17.2 Å². The molecule has 0 unspecified atom stereocenters. The maximum absolute atomic E-state index is 6.11. The summed E-state index contributed by atoms with van der Waals surface area (Å²) in [7, 11) is 1.65. The van der Waals surface area contributed by atoms with Gasteiger partial charge in [0.2, 0.25) is 0 Å². The van der Waals surface area contributed by atoms with Crippen molar-refractivity contribution in [2.45, 2.75) is 25.9 Å². The lowest BCUT2D eigenvalue weighted by Gasteiger charge is -2.29. The Labute approximate surface area is 275 Å². The number of aryl methyl sites for hydroxylation is 1. The number of hydrogen-bond acceptors (Lipinski definition) is 6. The Kier molecular flexibility index (Phi) is 8.34. The first kappa shape index (κ1) is 29.8. The van der Waals surface area contributed by atoms with E-state index in [1.165, 1.54) is 16.9 Å². The second-order valence-corrected chi connectivity index (χ2v) is 11.9. The van der Waals surface area contributed by atoms with E-state index in [2.05, 4.69) is 82.1 Å². The van der Waals surface area contributed by atoms with Crippen LogP contribution in [-0.2, 0) is 4.74 Å². The molecule has 0 radical (unpaired) electrons. The Morgan fingerprint density at radius 1 is 0.804 bits per heavy atom. The smallest absolute Gasteiger partial charge is 0.174 e. The molecule has 8 nitrogen and oxygen atoms in total. The molecular weight excluding hydrogens is 595 g/mol. The lowest BCUT2D eigenvalue weighted by Crippen LogP contribution is -2.36. The van der Waals surface area contributed by atoms with Crippen LogP contribution in [0.3, 0.4) is 0 Å². The number of methoxy groups -OCH3 is 1. The highest BCUT2D eigenvalue weighted by Crippen LogP contribution is 2.44. The Morgan fingerprint density at radius 3 is 2.09 bits per heavy atom. The lowest BCUT2D eigenvalue weighted by molar-refractivity contribution is 0.122. The van der Waals surface area contributed by atoms with Crippen LogP contribution in [0.4, 0.5) is 11.4 Å². The molecule has 3 aromatic carbocycles. The van der Waals surface area contributed by atoms with E-state index in [-0.39, 0.29) is 12.1 Å². The predicted molar refractivity (Wildman–Crippen MR) is 186 cm³/mol. The molecule has 2 fully saturated rings. The van der Waals surface area contributed by atoms with Crippen LogP contribution in [0.15, 0.2) is 103 Å². The van der Waals surface area contributed by atoms with E-state index in [9.17, 15) is 0 Å². The van der Waals surface area contributed by atoms with Crippen molar-refractivity contribution < 1.29 is 14.2 Å². The zero-order chi connectivity index (χ0) is 31.6. The standard InChI is InChI=1S/C37H37N5O3S/c1-25-24-33(26(2)41(25)28-9-7-27(8-10-28)40-20-22-44-23-21-40)36-35(34-6-4-5-19-38-34)39-37(46)42(36)29-11-13-31(14-12-29)45-32-17-15-30(43-3)16-18-32/h4-19,24,35-36H,20-23H2,1-3H3,(H,39,46)/t35-,36+/m0/s1. The van der Waals surface area contributed by atoms with E-state index in [0.717, 1.165) is 66.3 Å². The number of hydrogen-bond donors (Lipinski definition) is 1. The van der Waals surface area contributed by atoms with Gasteiger partial charge in [-0.2, -0.15) is 0 Å². The molecule has 0 spiro atoms. The first-order valence-corrected chi connectivity index (χ1v) is 16.0. The summed E-state index contributed by atoms with van der Waals surface area (Å²) >= 11 is 6.01. The van der Waals surface area contributed by atoms with E-state index in [4.69, 9.17) is 31.4 Å². The molecule has 4 heterocycles. The minimum atomic E-state index is -0.137. The highest BCUT2D eigenvalue weighted by atomic mass is 32.1. The monoisotopic (exact) mass is 631 g/mol. The van der Waals surface area contributed by atoms with Gasteiger partial charge < -0.3 is 33.9 Å². The summed E-state index contributed by atoms with van der Waals surface area (Å²) in [6, 6.07) is 32.5. The highest BCUT2D eigenvalue weighted by molar-refractivity contribution is 7.80. The van der Waals surface area contributed by atoms with Gasteiger partial charge >= 0.3 is 0 Å². The number of aromatic nitrogens is 2. The number of thiocarbonyl (C=S) groups is 1. The van der Waals surface area contributed by atoms with E-state index in [0.29, 0.717) is 5.11 Å². The fourth-order valence-electron chi connectivity index (χ4n) is 6.52. The quantitative estimate of drug-likeness (QED) is 0.179. The molecule has 0 saturated carbocycles. The van der Waals surface area contributed by atoms with Gasteiger partial charge in [0.15, 0.2) is 5.11 Å². The number of benzene rings is 3. The van der Waals surface area contributed by atoms with Gasteiger partial charge in [0.1, 0.15) is 17.2 Å². The van der Waals surface area contributed by atoms with Crippen molar-refractivity contribution in [2.24, 2.45) is 0 Å². The average Bonchev–Trinajstić information content (AvgIpc) is 3.60.